The van der Waals surface area contributed by atoms with Gasteiger partial charge in [-0.25, -0.2) is 4.98 Å². The fraction of sp³-hybridized carbons (Fsp3) is 0.478. The number of benzene rings is 1. The van der Waals surface area contributed by atoms with Crippen LogP contribution in [0.5, 0.6) is 11.5 Å². The maximum Gasteiger partial charge on any atom is 0.259 e. The number of aromatic nitrogens is 2. The Balaban J connectivity index is 1.28. The van der Waals surface area contributed by atoms with Gasteiger partial charge >= 0.3 is 0 Å². The van der Waals surface area contributed by atoms with E-state index in [0.717, 1.165) is 53.9 Å². The van der Waals surface area contributed by atoms with E-state index < -0.39 is 0 Å². The minimum absolute atomic E-state index is 0.00235. The zero-order valence-electron chi connectivity index (χ0n) is 17.4. The molecule has 0 fully saturated rings. The summed E-state index contributed by atoms with van der Waals surface area (Å²) in [6.45, 7) is 6.31. The molecule has 0 saturated carbocycles. The van der Waals surface area contributed by atoms with Gasteiger partial charge in [-0.05, 0) is 68.3 Å². The van der Waals surface area contributed by atoms with E-state index >= 15 is 0 Å². The highest BCUT2D eigenvalue weighted by atomic mass is 32.1. The van der Waals surface area contributed by atoms with Crippen LogP contribution >= 0.6 is 11.3 Å². The van der Waals surface area contributed by atoms with Crippen LogP contribution in [0.4, 0.5) is 0 Å². The average molecular weight is 426 g/mol. The molecule has 0 amide bonds. The summed E-state index contributed by atoms with van der Waals surface area (Å²) in [5.41, 5.74) is 2.42. The Morgan fingerprint density at radius 2 is 2.13 bits per heavy atom. The second kappa shape index (κ2) is 8.04. The predicted molar refractivity (Wildman–Crippen MR) is 119 cm³/mol. The predicted octanol–water partition coefficient (Wildman–Crippen LogP) is 3.77. The van der Waals surface area contributed by atoms with E-state index in [2.05, 4.69) is 23.3 Å². The standard InChI is InChI=1S/C23H27N3O3S/c1-13-3-5-16-19(11-13)30-23-20(16)22(27)25-21(26-23)14(2)24-8-7-15-4-6-17-18(12-15)29-10-9-28-17/h4,6,12-14,24H,3,5,7-11H2,1-2H3,(H,25,26,27)/t13-,14+/m1/s1. The molecule has 0 bridgehead atoms. The largest absolute Gasteiger partial charge is 0.486 e. The maximum absolute atomic E-state index is 12.8. The summed E-state index contributed by atoms with van der Waals surface area (Å²) in [5.74, 6) is 3.03. The van der Waals surface area contributed by atoms with Crippen molar-refractivity contribution in [1.29, 1.82) is 0 Å². The number of nitrogens with one attached hydrogen (secondary N) is 2. The van der Waals surface area contributed by atoms with Crippen LogP contribution in [0, 0.1) is 5.92 Å². The second-order valence-electron chi connectivity index (χ2n) is 8.39. The van der Waals surface area contributed by atoms with Crippen molar-refractivity contribution in [3.8, 4) is 11.5 Å². The van der Waals surface area contributed by atoms with Gasteiger partial charge in [0.2, 0.25) is 0 Å². The summed E-state index contributed by atoms with van der Waals surface area (Å²) in [6, 6.07) is 6.06. The van der Waals surface area contributed by atoms with Crippen LogP contribution < -0.4 is 20.3 Å². The Kier molecular flexibility index (Phi) is 5.25. The summed E-state index contributed by atoms with van der Waals surface area (Å²) in [4.78, 5) is 22.9. The second-order valence-corrected chi connectivity index (χ2v) is 9.47. The smallest absolute Gasteiger partial charge is 0.259 e. The highest BCUT2D eigenvalue weighted by Crippen LogP contribution is 2.36. The Morgan fingerprint density at radius 1 is 1.30 bits per heavy atom. The Hall–Kier alpha value is -2.38. The number of fused-ring (bicyclic) bond motifs is 4. The molecule has 7 heteroatoms. The topological polar surface area (TPSA) is 76.2 Å². The SMILES string of the molecule is C[C@@H]1CCc2c(sc3nc([C@H](C)NCCc4ccc5c(c4)OCCO5)[nH]c(=O)c23)C1. The number of ether oxygens (including phenoxy) is 2. The number of hydrogen-bond donors (Lipinski definition) is 2. The van der Waals surface area contributed by atoms with E-state index in [1.165, 1.54) is 16.0 Å². The molecule has 2 aromatic heterocycles. The minimum atomic E-state index is -0.0302. The van der Waals surface area contributed by atoms with Crippen LogP contribution in [0.2, 0.25) is 0 Å². The highest BCUT2D eigenvalue weighted by molar-refractivity contribution is 7.18. The number of aryl methyl sites for hydroxylation is 1. The van der Waals surface area contributed by atoms with Gasteiger partial charge in [-0.3, -0.25) is 4.79 Å². The van der Waals surface area contributed by atoms with Gasteiger partial charge in [0.25, 0.3) is 5.56 Å². The zero-order valence-corrected chi connectivity index (χ0v) is 18.2. The van der Waals surface area contributed by atoms with Gasteiger partial charge in [0.05, 0.1) is 11.4 Å². The molecule has 1 aromatic carbocycles. The van der Waals surface area contributed by atoms with Gasteiger partial charge < -0.3 is 19.8 Å². The summed E-state index contributed by atoms with van der Waals surface area (Å²) < 4.78 is 11.2. The number of H-pyrrole nitrogens is 1. The van der Waals surface area contributed by atoms with E-state index in [-0.39, 0.29) is 11.6 Å². The summed E-state index contributed by atoms with van der Waals surface area (Å²) in [7, 11) is 0. The lowest BCUT2D eigenvalue weighted by Crippen LogP contribution is -2.25. The molecule has 3 heterocycles. The average Bonchev–Trinajstić information content (AvgIpc) is 3.11. The third kappa shape index (κ3) is 3.72. The number of nitrogens with zero attached hydrogens (tertiary/aromatic N) is 1. The molecule has 6 nitrogen and oxygen atoms in total. The fourth-order valence-corrected chi connectivity index (χ4v) is 5.73. The molecule has 2 N–H and O–H groups in total. The molecule has 3 aromatic rings. The molecule has 0 spiro atoms. The van der Waals surface area contributed by atoms with Gasteiger partial charge in [-0.1, -0.05) is 13.0 Å². The lowest BCUT2D eigenvalue weighted by atomic mass is 9.89. The molecule has 2 atom stereocenters. The van der Waals surface area contributed by atoms with E-state index in [1.54, 1.807) is 11.3 Å². The first kappa shape index (κ1) is 19.6. The van der Waals surface area contributed by atoms with Gasteiger partial charge in [-0.2, -0.15) is 0 Å². The molecule has 1 aliphatic heterocycles. The lowest BCUT2D eigenvalue weighted by molar-refractivity contribution is 0.171. The molecule has 2 aliphatic rings. The van der Waals surface area contributed by atoms with Crippen molar-refractivity contribution in [2.45, 2.75) is 45.6 Å². The maximum atomic E-state index is 12.8. The quantitative estimate of drug-likeness (QED) is 0.651. The zero-order chi connectivity index (χ0) is 20.7. The number of aromatic amines is 1. The first-order valence-corrected chi connectivity index (χ1v) is 11.6. The monoisotopic (exact) mass is 425 g/mol. The van der Waals surface area contributed by atoms with Crippen LogP contribution in [0.15, 0.2) is 23.0 Å². The molecule has 30 heavy (non-hydrogen) atoms. The molecule has 158 valence electrons. The summed E-state index contributed by atoms with van der Waals surface area (Å²) >= 11 is 1.70. The molecule has 0 unspecified atom stereocenters. The third-order valence-corrected chi connectivity index (χ3v) is 7.21. The molecular formula is C23H27N3O3S. The molecule has 5 rings (SSSR count). The van der Waals surface area contributed by atoms with Crippen molar-refractivity contribution in [1.82, 2.24) is 15.3 Å². The highest BCUT2D eigenvalue weighted by Gasteiger charge is 2.23. The van der Waals surface area contributed by atoms with Crippen LogP contribution in [-0.4, -0.2) is 29.7 Å². The van der Waals surface area contributed by atoms with E-state index in [1.807, 2.05) is 19.1 Å². The van der Waals surface area contributed by atoms with E-state index in [0.29, 0.717) is 25.0 Å². The Labute approximate surface area is 179 Å². The first-order valence-electron chi connectivity index (χ1n) is 10.7. The van der Waals surface area contributed by atoms with Crippen molar-refractivity contribution in [3.05, 3.63) is 50.4 Å². The van der Waals surface area contributed by atoms with Crippen LogP contribution in [-0.2, 0) is 19.3 Å². The normalized spacial score (nSPS) is 18.9. The van der Waals surface area contributed by atoms with Crippen molar-refractivity contribution < 1.29 is 9.47 Å². The Morgan fingerprint density at radius 3 is 3.00 bits per heavy atom. The third-order valence-electron chi connectivity index (χ3n) is 6.06. The van der Waals surface area contributed by atoms with Crippen LogP contribution in [0.1, 0.15) is 48.1 Å². The van der Waals surface area contributed by atoms with E-state index in [9.17, 15) is 4.79 Å². The molecule has 0 saturated heterocycles. The van der Waals surface area contributed by atoms with Crippen LogP contribution in [0.25, 0.3) is 10.2 Å². The minimum Gasteiger partial charge on any atom is -0.486 e. The molecule has 1 aliphatic carbocycles. The first-order chi connectivity index (χ1) is 14.6. The number of thiophene rings is 1. The Bertz CT molecular complexity index is 1140. The van der Waals surface area contributed by atoms with Crippen molar-refractivity contribution in [2.24, 2.45) is 5.92 Å². The van der Waals surface area contributed by atoms with Gasteiger partial charge in [0, 0.05) is 4.88 Å². The molecular weight excluding hydrogens is 398 g/mol. The van der Waals surface area contributed by atoms with Crippen molar-refractivity contribution >= 4 is 21.6 Å². The van der Waals surface area contributed by atoms with Crippen LogP contribution in [0.3, 0.4) is 0 Å². The van der Waals surface area contributed by atoms with Crippen molar-refractivity contribution in [3.63, 3.8) is 0 Å². The number of rotatable bonds is 5. The van der Waals surface area contributed by atoms with Gasteiger partial charge in [-0.15, -0.1) is 11.3 Å². The van der Waals surface area contributed by atoms with Gasteiger partial charge in [0.15, 0.2) is 11.5 Å². The lowest BCUT2D eigenvalue weighted by Gasteiger charge is -2.19. The molecule has 0 radical (unpaired) electrons. The summed E-state index contributed by atoms with van der Waals surface area (Å²) in [5, 5.41) is 4.30. The fourth-order valence-electron chi connectivity index (χ4n) is 4.34. The van der Waals surface area contributed by atoms with Gasteiger partial charge in [0.1, 0.15) is 23.9 Å². The number of hydrogen-bond acceptors (Lipinski definition) is 6. The van der Waals surface area contributed by atoms with Crippen molar-refractivity contribution in [2.75, 3.05) is 19.8 Å². The summed E-state index contributed by atoms with van der Waals surface area (Å²) in [6.07, 6.45) is 4.06. The van der Waals surface area contributed by atoms with E-state index in [4.69, 9.17) is 14.5 Å².